The minimum atomic E-state index is -0.662. The monoisotopic (exact) mass is 372 g/mol. The van der Waals surface area contributed by atoms with Gasteiger partial charge in [0, 0.05) is 19.3 Å². The van der Waals surface area contributed by atoms with E-state index >= 15 is 0 Å². The van der Waals surface area contributed by atoms with Crippen LogP contribution in [0.5, 0.6) is 0 Å². The summed E-state index contributed by atoms with van der Waals surface area (Å²) in [5.41, 5.74) is 2.29. The molecule has 27 heavy (non-hydrogen) atoms. The maximum Gasteiger partial charge on any atom is 0.303 e. The first kappa shape index (κ1) is 19.2. The number of ketones is 1. The van der Waals surface area contributed by atoms with Gasteiger partial charge < -0.3 is 5.11 Å². The molecule has 0 unspecified atom stereocenters. The first-order valence-corrected chi connectivity index (χ1v) is 11.2. The number of hydrogen-bond acceptors (Lipinski definition) is 2. The summed E-state index contributed by atoms with van der Waals surface area (Å²) in [7, 11) is 0. The lowest BCUT2D eigenvalue weighted by Crippen LogP contribution is -2.48. The summed E-state index contributed by atoms with van der Waals surface area (Å²) in [6, 6.07) is 0. The Kier molecular flexibility index (Phi) is 4.79. The Bertz CT molecular complexity index is 665. The Morgan fingerprint density at radius 3 is 2.78 bits per heavy atom. The molecule has 0 radical (unpaired) electrons. The van der Waals surface area contributed by atoms with E-state index in [1.807, 2.05) is 0 Å². The zero-order chi connectivity index (χ0) is 19.4. The molecule has 0 bridgehead atoms. The highest BCUT2D eigenvalue weighted by Gasteiger charge is 2.57. The SMILES string of the molecule is C[C@H](CCC(=O)O)[C@H]1CC[C@H]2[C@@H]3CC[C@@H]4CC(=O)CC[C@]4(C)C3=CC[C@]12C. The van der Waals surface area contributed by atoms with Gasteiger partial charge in [-0.15, -0.1) is 0 Å². The number of carboxylic acids is 1. The van der Waals surface area contributed by atoms with Crippen molar-refractivity contribution in [3.63, 3.8) is 0 Å². The van der Waals surface area contributed by atoms with Crippen LogP contribution in [0.15, 0.2) is 11.6 Å². The molecule has 0 aliphatic heterocycles. The van der Waals surface area contributed by atoms with Crippen molar-refractivity contribution in [3.8, 4) is 0 Å². The summed E-state index contributed by atoms with van der Waals surface area (Å²) in [6.07, 6.45) is 12.5. The van der Waals surface area contributed by atoms with Crippen molar-refractivity contribution in [3.05, 3.63) is 11.6 Å². The standard InChI is InChI=1S/C24H36O3/c1-15(4-9-22(26)27)19-7-8-20-18-6-5-16-14-17(25)10-12-23(16,2)21(18)11-13-24(19,20)3/h11,15-16,18-20H,4-10,12-14H2,1-3H3,(H,26,27)/t15-,16-,18+,19-,20+,23+,24-/m1/s1. The zero-order valence-corrected chi connectivity index (χ0v) is 17.3. The first-order chi connectivity index (χ1) is 12.8. The lowest BCUT2D eigenvalue weighted by molar-refractivity contribution is -0.137. The Morgan fingerprint density at radius 2 is 2.04 bits per heavy atom. The summed E-state index contributed by atoms with van der Waals surface area (Å²) in [5, 5.41) is 9.08. The highest BCUT2D eigenvalue weighted by atomic mass is 16.4. The van der Waals surface area contributed by atoms with Crippen molar-refractivity contribution < 1.29 is 14.7 Å². The molecule has 4 aliphatic rings. The van der Waals surface area contributed by atoms with Crippen LogP contribution in [-0.4, -0.2) is 16.9 Å². The van der Waals surface area contributed by atoms with Crippen molar-refractivity contribution in [1.29, 1.82) is 0 Å². The number of carbonyl (C=O) groups excluding carboxylic acids is 1. The molecule has 1 N–H and O–H groups in total. The van der Waals surface area contributed by atoms with E-state index in [2.05, 4.69) is 26.8 Å². The van der Waals surface area contributed by atoms with Gasteiger partial charge in [-0.1, -0.05) is 32.4 Å². The third-order valence-corrected chi connectivity index (χ3v) is 9.41. The molecule has 0 aromatic carbocycles. The molecule has 0 aromatic heterocycles. The lowest BCUT2D eigenvalue weighted by atomic mass is 9.48. The number of rotatable bonds is 4. The molecule has 3 nitrogen and oxygen atoms in total. The molecule has 0 saturated heterocycles. The smallest absolute Gasteiger partial charge is 0.303 e. The normalized spacial score (nSPS) is 44.7. The molecule has 0 amide bonds. The highest BCUT2D eigenvalue weighted by Crippen LogP contribution is 2.66. The molecular formula is C24H36O3. The summed E-state index contributed by atoms with van der Waals surface area (Å²) in [6.45, 7) is 7.23. The van der Waals surface area contributed by atoms with Crippen molar-refractivity contribution in [2.45, 2.75) is 85.0 Å². The fourth-order valence-electron chi connectivity index (χ4n) is 7.84. The quantitative estimate of drug-likeness (QED) is 0.650. The number of Topliss-reactive ketones (excluding diaryl/α,β-unsaturated/α-hetero) is 1. The van der Waals surface area contributed by atoms with Crippen molar-refractivity contribution in [2.75, 3.05) is 0 Å². The molecule has 150 valence electrons. The zero-order valence-electron chi connectivity index (χ0n) is 17.3. The average molecular weight is 373 g/mol. The average Bonchev–Trinajstić information content (AvgIpc) is 2.97. The minimum Gasteiger partial charge on any atom is -0.481 e. The van der Waals surface area contributed by atoms with Crippen molar-refractivity contribution in [1.82, 2.24) is 0 Å². The third-order valence-electron chi connectivity index (χ3n) is 9.41. The Labute approximate surface area is 164 Å². The number of fused-ring (bicyclic) bond motifs is 5. The van der Waals surface area contributed by atoms with E-state index in [0.717, 1.165) is 38.0 Å². The molecule has 4 aliphatic carbocycles. The Morgan fingerprint density at radius 1 is 1.26 bits per heavy atom. The van der Waals surface area contributed by atoms with Crippen LogP contribution in [0.2, 0.25) is 0 Å². The predicted octanol–water partition coefficient (Wildman–Crippen LogP) is 5.64. The second kappa shape index (κ2) is 6.74. The van der Waals surface area contributed by atoms with E-state index < -0.39 is 5.97 Å². The van der Waals surface area contributed by atoms with E-state index in [1.165, 1.54) is 25.7 Å². The molecule has 0 heterocycles. The summed E-state index contributed by atoms with van der Waals surface area (Å²) < 4.78 is 0. The summed E-state index contributed by atoms with van der Waals surface area (Å²) in [4.78, 5) is 23.0. The number of hydrogen-bond donors (Lipinski definition) is 1. The lowest BCUT2D eigenvalue weighted by Gasteiger charge is -2.56. The summed E-state index contributed by atoms with van der Waals surface area (Å²) in [5.74, 6) is 2.98. The fourth-order valence-corrected chi connectivity index (χ4v) is 7.84. The van der Waals surface area contributed by atoms with E-state index in [0.29, 0.717) is 41.3 Å². The third kappa shape index (κ3) is 3.00. The molecule has 4 rings (SSSR count). The molecule has 0 aromatic rings. The van der Waals surface area contributed by atoms with Gasteiger partial charge >= 0.3 is 5.97 Å². The van der Waals surface area contributed by atoms with Crippen molar-refractivity contribution >= 4 is 11.8 Å². The van der Waals surface area contributed by atoms with Crippen LogP contribution in [0.25, 0.3) is 0 Å². The Hall–Kier alpha value is -1.12. The molecule has 3 fully saturated rings. The van der Waals surface area contributed by atoms with Gasteiger partial charge in [-0.3, -0.25) is 9.59 Å². The van der Waals surface area contributed by atoms with Gasteiger partial charge in [0.25, 0.3) is 0 Å². The van der Waals surface area contributed by atoms with Crippen LogP contribution in [0.3, 0.4) is 0 Å². The van der Waals surface area contributed by atoms with Crippen LogP contribution >= 0.6 is 0 Å². The van der Waals surface area contributed by atoms with Gasteiger partial charge in [0.2, 0.25) is 0 Å². The van der Waals surface area contributed by atoms with E-state index in [9.17, 15) is 9.59 Å². The minimum absolute atomic E-state index is 0.255. The van der Waals surface area contributed by atoms with E-state index in [-0.39, 0.29) is 5.41 Å². The summed E-state index contributed by atoms with van der Waals surface area (Å²) >= 11 is 0. The van der Waals surface area contributed by atoms with Gasteiger partial charge in [-0.2, -0.15) is 0 Å². The maximum absolute atomic E-state index is 12.0. The van der Waals surface area contributed by atoms with Gasteiger partial charge in [0.05, 0.1) is 0 Å². The van der Waals surface area contributed by atoms with Crippen molar-refractivity contribution in [2.24, 2.45) is 40.4 Å². The van der Waals surface area contributed by atoms with E-state index in [1.54, 1.807) is 5.57 Å². The molecule has 0 spiro atoms. The fraction of sp³-hybridized carbons (Fsp3) is 0.833. The molecule has 7 atom stereocenters. The van der Waals surface area contributed by atoms with Crippen LogP contribution in [-0.2, 0) is 9.59 Å². The van der Waals surface area contributed by atoms with E-state index in [4.69, 9.17) is 5.11 Å². The largest absolute Gasteiger partial charge is 0.481 e. The predicted molar refractivity (Wildman–Crippen MR) is 106 cm³/mol. The van der Waals surface area contributed by atoms with Crippen LogP contribution in [0, 0.1) is 40.4 Å². The molecule has 3 heteroatoms. The number of aliphatic carboxylic acids is 1. The topological polar surface area (TPSA) is 54.4 Å². The van der Waals surface area contributed by atoms with Crippen LogP contribution in [0.1, 0.15) is 85.0 Å². The van der Waals surface area contributed by atoms with Gasteiger partial charge in [-0.25, -0.2) is 0 Å². The number of carboxylic acid groups (broad SMARTS) is 1. The van der Waals surface area contributed by atoms with Gasteiger partial charge in [0.1, 0.15) is 5.78 Å². The second-order valence-corrected chi connectivity index (χ2v) is 10.6. The van der Waals surface area contributed by atoms with Gasteiger partial charge in [0.15, 0.2) is 0 Å². The van der Waals surface area contributed by atoms with Gasteiger partial charge in [-0.05, 0) is 85.4 Å². The number of allylic oxidation sites excluding steroid dienone is 2. The number of carbonyl (C=O) groups is 2. The highest BCUT2D eigenvalue weighted by molar-refractivity contribution is 5.80. The molecular weight excluding hydrogens is 336 g/mol. The second-order valence-electron chi connectivity index (χ2n) is 10.6. The van der Waals surface area contributed by atoms with Crippen LogP contribution in [0.4, 0.5) is 0 Å². The Balaban J connectivity index is 1.57. The first-order valence-electron chi connectivity index (χ1n) is 11.2. The molecule has 3 saturated carbocycles. The van der Waals surface area contributed by atoms with Crippen LogP contribution < -0.4 is 0 Å². The maximum atomic E-state index is 12.0.